The number of carboxylic acids is 1. The number of hydrogen-bond donors (Lipinski definition) is 4. The number of aliphatic carboxylic acids is 1. The van der Waals surface area contributed by atoms with E-state index in [4.69, 9.17) is 9.47 Å². The number of rotatable bonds is 12. The molecule has 3 rings (SSSR count). The summed E-state index contributed by atoms with van der Waals surface area (Å²) in [7, 11) is 0. The Morgan fingerprint density at radius 1 is 0.636 bits per heavy atom. The van der Waals surface area contributed by atoms with E-state index in [2.05, 4.69) is 16.0 Å². The van der Waals surface area contributed by atoms with Crippen molar-refractivity contribution in [3.63, 3.8) is 0 Å². The molecule has 0 radical (unpaired) electrons. The zero-order valence-electron chi connectivity index (χ0n) is 26.4. The molecule has 3 aromatic carbocycles. The lowest BCUT2D eigenvalue weighted by Crippen LogP contribution is -2.54. The van der Waals surface area contributed by atoms with Gasteiger partial charge in [0.25, 0.3) is 0 Å². The SMILES string of the molecule is CC(C)(C)OC(=O)NCC(CNC(=O)OC(C)(C)C)C[C@H](NC(c1ccccc1)(c1ccccc1)c1ccccc1)C(=O)O. The van der Waals surface area contributed by atoms with Gasteiger partial charge in [-0.3, -0.25) is 10.1 Å². The fraction of sp³-hybridized carbons (Fsp3) is 0.400. The fourth-order valence-electron chi connectivity index (χ4n) is 4.95. The molecule has 0 bridgehead atoms. The molecule has 0 aliphatic carbocycles. The Hall–Kier alpha value is -4.37. The Labute approximate surface area is 260 Å². The van der Waals surface area contributed by atoms with Gasteiger partial charge in [-0.1, -0.05) is 91.0 Å². The van der Waals surface area contributed by atoms with Gasteiger partial charge in [-0.05, 0) is 70.6 Å². The van der Waals surface area contributed by atoms with Crippen LogP contribution in [-0.2, 0) is 19.8 Å². The third-order valence-corrected chi connectivity index (χ3v) is 6.75. The molecule has 0 spiro atoms. The van der Waals surface area contributed by atoms with E-state index in [1.807, 2.05) is 91.0 Å². The highest BCUT2D eigenvalue weighted by Gasteiger charge is 2.40. The average Bonchev–Trinajstić information content (AvgIpc) is 2.96. The molecule has 3 aromatic rings. The number of carboxylic acid groups (broad SMARTS) is 1. The van der Waals surface area contributed by atoms with Gasteiger partial charge in [-0.25, -0.2) is 9.59 Å². The maximum atomic E-state index is 13.0. The number of ether oxygens (including phenoxy) is 2. The van der Waals surface area contributed by atoms with Crippen LogP contribution in [0, 0.1) is 5.92 Å². The summed E-state index contributed by atoms with van der Waals surface area (Å²) in [5.74, 6) is -1.57. The van der Waals surface area contributed by atoms with Gasteiger partial charge in [0.05, 0.1) is 5.54 Å². The molecule has 2 amide bonds. The molecule has 1 atom stereocenters. The molecule has 0 saturated heterocycles. The maximum absolute atomic E-state index is 13.0. The minimum atomic E-state index is -1.10. The van der Waals surface area contributed by atoms with Crippen molar-refractivity contribution >= 4 is 18.2 Å². The van der Waals surface area contributed by atoms with Gasteiger partial charge in [0.1, 0.15) is 17.2 Å². The van der Waals surface area contributed by atoms with Crippen molar-refractivity contribution in [3.05, 3.63) is 108 Å². The molecule has 9 nitrogen and oxygen atoms in total. The van der Waals surface area contributed by atoms with Gasteiger partial charge in [0, 0.05) is 13.1 Å². The van der Waals surface area contributed by atoms with E-state index in [1.54, 1.807) is 41.5 Å². The Bertz CT molecular complexity index is 1220. The van der Waals surface area contributed by atoms with Crippen molar-refractivity contribution in [2.75, 3.05) is 13.1 Å². The second-order valence-electron chi connectivity index (χ2n) is 12.8. The van der Waals surface area contributed by atoms with Gasteiger partial charge in [0.2, 0.25) is 0 Å². The first kappa shape index (κ1) is 34.1. The van der Waals surface area contributed by atoms with Crippen LogP contribution in [-0.4, -0.2) is 53.6 Å². The van der Waals surface area contributed by atoms with Crippen LogP contribution in [0.5, 0.6) is 0 Å². The smallest absolute Gasteiger partial charge is 0.407 e. The number of carbonyl (C=O) groups is 3. The Morgan fingerprint density at radius 2 is 0.977 bits per heavy atom. The zero-order valence-corrected chi connectivity index (χ0v) is 26.4. The number of amides is 2. The van der Waals surface area contributed by atoms with E-state index < -0.39 is 46.9 Å². The van der Waals surface area contributed by atoms with Crippen LogP contribution in [0.1, 0.15) is 64.7 Å². The first-order valence-corrected chi connectivity index (χ1v) is 14.8. The Kier molecular flexibility index (Phi) is 11.5. The molecular weight excluding hydrogens is 558 g/mol. The third kappa shape index (κ3) is 10.1. The highest BCUT2D eigenvalue weighted by molar-refractivity contribution is 5.74. The first-order chi connectivity index (χ1) is 20.7. The summed E-state index contributed by atoms with van der Waals surface area (Å²) in [6.07, 6.45) is -1.20. The van der Waals surface area contributed by atoms with Crippen LogP contribution in [0.4, 0.5) is 9.59 Å². The van der Waals surface area contributed by atoms with Crippen LogP contribution in [0.3, 0.4) is 0 Å². The highest BCUT2D eigenvalue weighted by atomic mass is 16.6. The maximum Gasteiger partial charge on any atom is 0.407 e. The van der Waals surface area contributed by atoms with Crippen LogP contribution in [0.15, 0.2) is 91.0 Å². The predicted octanol–water partition coefficient (Wildman–Crippen LogP) is 6.08. The van der Waals surface area contributed by atoms with Gasteiger partial charge in [-0.2, -0.15) is 0 Å². The van der Waals surface area contributed by atoms with Crippen LogP contribution < -0.4 is 16.0 Å². The molecular formula is C35H45N3O6. The largest absolute Gasteiger partial charge is 0.480 e. The van der Waals surface area contributed by atoms with Gasteiger partial charge in [-0.15, -0.1) is 0 Å². The van der Waals surface area contributed by atoms with Crippen LogP contribution >= 0.6 is 0 Å². The summed E-state index contributed by atoms with van der Waals surface area (Å²) in [4.78, 5) is 38.0. The first-order valence-electron chi connectivity index (χ1n) is 14.8. The highest BCUT2D eigenvalue weighted by Crippen LogP contribution is 2.37. The number of nitrogens with one attached hydrogen (secondary N) is 3. The van der Waals surface area contributed by atoms with E-state index in [-0.39, 0.29) is 19.5 Å². The summed E-state index contributed by atoms with van der Waals surface area (Å²) >= 11 is 0. The predicted molar refractivity (Wildman–Crippen MR) is 170 cm³/mol. The normalized spacial score (nSPS) is 12.7. The van der Waals surface area contributed by atoms with E-state index in [9.17, 15) is 19.5 Å². The van der Waals surface area contributed by atoms with Crippen molar-refractivity contribution in [2.45, 2.75) is 70.7 Å². The van der Waals surface area contributed by atoms with Crippen molar-refractivity contribution in [2.24, 2.45) is 5.92 Å². The molecule has 44 heavy (non-hydrogen) atoms. The second kappa shape index (κ2) is 14.9. The monoisotopic (exact) mass is 603 g/mol. The van der Waals surface area contributed by atoms with E-state index in [0.29, 0.717) is 0 Å². The molecule has 9 heteroatoms. The lowest BCUT2D eigenvalue weighted by atomic mass is 9.76. The lowest BCUT2D eigenvalue weighted by Gasteiger charge is -2.40. The summed E-state index contributed by atoms with van der Waals surface area (Å²) in [6, 6.07) is 28.0. The average molecular weight is 604 g/mol. The Balaban J connectivity index is 2.00. The molecule has 236 valence electrons. The minimum absolute atomic E-state index is 0.0607. The number of benzene rings is 3. The lowest BCUT2D eigenvalue weighted by molar-refractivity contribution is -0.140. The summed E-state index contributed by atoms with van der Waals surface area (Å²) < 4.78 is 10.8. The van der Waals surface area contributed by atoms with Gasteiger partial charge >= 0.3 is 18.2 Å². The summed E-state index contributed by atoms with van der Waals surface area (Å²) in [5.41, 5.74) is 0.131. The molecule has 0 fully saturated rings. The standard InChI is InChI=1S/C35H45N3O6/c1-33(2,3)43-31(41)36-23-25(24-37-32(42)44-34(4,5)6)22-29(30(39)40)38-35(26-16-10-7-11-17-26,27-18-12-8-13-19-27)28-20-14-9-15-21-28/h7-21,25,29,38H,22-24H2,1-6H3,(H,36,41)(H,37,42)(H,39,40)/t29-/m0/s1. The van der Waals surface area contributed by atoms with E-state index in [0.717, 1.165) is 16.7 Å². The topological polar surface area (TPSA) is 126 Å². The minimum Gasteiger partial charge on any atom is -0.480 e. The zero-order chi connectivity index (χ0) is 32.4. The second-order valence-corrected chi connectivity index (χ2v) is 12.8. The third-order valence-electron chi connectivity index (χ3n) is 6.75. The number of hydrogen-bond acceptors (Lipinski definition) is 6. The molecule has 0 saturated carbocycles. The molecule has 4 N–H and O–H groups in total. The fourth-order valence-corrected chi connectivity index (χ4v) is 4.95. The van der Waals surface area contributed by atoms with Crippen molar-refractivity contribution in [3.8, 4) is 0 Å². The van der Waals surface area contributed by atoms with Gasteiger partial charge < -0.3 is 25.2 Å². The van der Waals surface area contributed by atoms with Crippen molar-refractivity contribution in [1.82, 2.24) is 16.0 Å². The van der Waals surface area contributed by atoms with E-state index >= 15 is 0 Å². The number of carbonyl (C=O) groups excluding carboxylic acids is 2. The van der Waals surface area contributed by atoms with Crippen molar-refractivity contribution in [1.29, 1.82) is 0 Å². The quantitative estimate of drug-likeness (QED) is 0.185. The molecule has 0 aromatic heterocycles. The molecule has 0 unspecified atom stereocenters. The summed E-state index contributed by atoms with van der Waals surface area (Å²) in [6.45, 7) is 10.7. The van der Waals surface area contributed by atoms with Crippen LogP contribution in [0.25, 0.3) is 0 Å². The molecule has 0 aliphatic rings. The van der Waals surface area contributed by atoms with Crippen molar-refractivity contribution < 1.29 is 29.0 Å². The summed E-state index contributed by atoms with van der Waals surface area (Å²) in [5, 5.41) is 19.6. The Morgan fingerprint density at radius 3 is 1.27 bits per heavy atom. The number of alkyl carbamates (subject to hydrolysis) is 2. The van der Waals surface area contributed by atoms with Crippen LogP contribution in [0.2, 0.25) is 0 Å². The molecule has 0 aliphatic heterocycles. The molecule has 0 heterocycles. The van der Waals surface area contributed by atoms with E-state index in [1.165, 1.54) is 0 Å². The van der Waals surface area contributed by atoms with Gasteiger partial charge in [0.15, 0.2) is 0 Å².